The van der Waals surface area contributed by atoms with Crippen molar-refractivity contribution in [1.82, 2.24) is 14.1 Å². The fourth-order valence-electron chi connectivity index (χ4n) is 2.97. The molecule has 0 spiro atoms. The van der Waals surface area contributed by atoms with Gasteiger partial charge in [-0.25, -0.2) is 8.42 Å². The highest BCUT2D eigenvalue weighted by Crippen LogP contribution is 2.26. The second-order valence-electron chi connectivity index (χ2n) is 6.35. The van der Waals surface area contributed by atoms with Crippen molar-refractivity contribution in [2.75, 3.05) is 18.4 Å². The lowest BCUT2D eigenvalue weighted by Gasteiger charge is -2.26. The topological polar surface area (TPSA) is 84.3 Å². The van der Waals surface area contributed by atoms with E-state index in [1.54, 1.807) is 25.3 Å². The number of rotatable bonds is 5. The van der Waals surface area contributed by atoms with Gasteiger partial charge >= 0.3 is 0 Å². The predicted molar refractivity (Wildman–Crippen MR) is 99.7 cm³/mol. The number of benzene rings is 1. The van der Waals surface area contributed by atoms with Gasteiger partial charge in [-0.1, -0.05) is 24.1 Å². The highest BCUT2D eigenvalue weighted by molar-refractivity contribution is 7.89. The minimum atomic E-state index is -3.56. The maximum absolute atomic E-state index is 12.9. The first-order chi connectivity index (χ1) is 12.4. The molecule has 1 amide bonds. The maximum atomic E-state index is 12.9. The van der Waals surface area contributed by atoms with Crippen LogP contribution >= 0.6 is 11.6 Å². The fraction of sp³-hybridized carbons (Fsp3) is 0.412. The number of piperidine rings is 1. The predicted octanol–water partition coefficient (Wildman–Crippen LogP) is 2.66. The van der Waals surface area contributed by atoms with Crippen molar-refractivity contribution in [3.63, 3.8) is 0 Å². The normalized spacial score (nSPS) is 15.8. The molecule has 0 aliphatic carbocycles. The molecule has 1 N–H and O–H groups in total. The number of nitrogens with one attached hydrogen (secondary N) is 1. The van der Waals surface area contributed by atoms with Crippen LogP contribution in [-0.4, -0.2) is 41.5 Å². The summed E-state index contributed by atoms with van der Waals surface area (Å²) in [6.45, 7) is 2.83. The van der Waals surface area contributed by atoms with Gasteiger partial charge in [-0.3, -0.25) is 9.48 Å². The van der Waals surface area contributed by atoms with Crippen LogP contribution in [0.5, 0.6) is 0 Å². The van der Waals surface area contributed by atoms with Gasteiger partial charge in [0.05, 0.1) is 16.1 Å². The van der Waals surface area contributed by atoms with Gasteiger partial charge in [0.25, 0.3) is 0 Å². The number of halogens is 1. The number of sulfonamides is 1. The Labute approximate surface area is 158 Å². The van der Waals surface area contributed by atoms with E-state index in [4.69, 9.17) is 11.6 Å². The van der Waals surface area contributed by atoms with E-state index in [1.165, 1.54) is 21.3 Å². The first-order valence-electron chi connectivity index (χ1n) is 8.45. The average Bonchev–Trinajstić information content (AvgIpc) is 3.02. The molecular formula is C17H21ClN4O3S. The molecule has 140 valence electrons. The average molecular weight is 397 g/mol. The lowest BCUT2D eigenvalue weighted by molar-refractivity contribution is -0.116. The van der Waals surface area contributed by atoms with Crippen LogP contribution < -0.4 is 5.32 Å². The largest absolute Gasteiger partial charge is 0.324 e. The molecule has 0 unspecified atom stereocenters. The Hall–Kier alpha value is -1.90. The molecule has 1 aliphatic heterocycles. The zero-order valence-corrected chi connectivity index (χ0v) is 16.1. The summed E-state index contributed by atoms with van der Waals surface area (Å²) in [6, 6.07) is 4.92. The van der Waals surface area contributed by atoms with Gasteiger partial charge in [0.1, 0.15) is 6.54 Å². The maximum Gasteiger partial charge on any atom is 0.246 e. The monoisotopic (exact) mass is 396 g/mol. The molecule has 0 radical (unpaired) electrons. The van der Waals surface area contributed by atoms with E-state index >= 15 is 0 Å². The second-order valence-corrected chi connectivity index (χ2v) is 8.69. The summed E-state index contributed by atoms with van der Waals surface area (Å²) in [5.41, 5.74) is 1.10. The second kappa shape index (κ2) is 7.77. The molecule has 1 aromatic carbocycles. The quantitative estimate of drug-likeness (QED) is 0.842. The molecule has 9 heteroatoms. The minimum Gasteiger partial charge on any atom is -0.324 e. The summed E-state index contributed by atoms with van der Waals surface area (Å²) < 4.78 is 28.8. The van der Waals surface area contributed by atoms with E-state index in [0.29, 0.717) is 29.4 Å². The molecule has 7 nitrogen and oxygen atoms in total. The Bertz CT molecular complexity index is 904. The highest BCUT2D eigenvalue weighted by Gasteiger charge is 2.27. The number of amides is 1. The lowest BCUT2D eigenvalue weighted by Crippen LogP contribution is -2.36. The number of aromatic nitrogens is 2. The zero-order chi connectivity index (χ0) is 18.7. The molecule has 3 rings (SSSR count). The lowest BCUT2D eigenvalue weighted by atomic mass is 10.2. The van der Waals surface area contributed by atoms with Crippen LogP contribution in [0.1, 0.15) is 24.8 Å². The molecule has 2 aromatic rings. The van der Waals surface area contributed by atoms with Crippen molar-refractivity contribution in [1.29, 1.82) is 0 Å². The van der Waals surface area contributed by atoms with Crippen LogP contribution in [-0.2, 0) is 21.4 Å². The van der Waals surface area contributed by atoms with Crippen molar-refractivity contribution < 1.29 is 13.2 Å². The zero-order valence-electron chi connectivity index (χ0n) is 14.5. The molecule has 1 aliphatic rings. The van der Waals surface area contributed by atoms with Crippen LogP contribution in [0.15, 0.2) is 35.5 Å². The molecule has 0 saturated carbocycles. The third-order valence-electron chi connectivity index (χ3n) is 4.31. The number of aryl methyl sites for hydroxylation is 1. The van der Waals surface area contributed by atoms with E-state index in [0.717, 1.165) is 19.3 Å². The van der Waals surface area contributed by atoms with E-state index in [-0.39, 0.29) is 17.3 Å². The van der Waals surface area contributed by atoms with E-state index in [1.807, 2.05) is 0 Å². The van der Waals surface area contributed by atoms with Gasteiger partial charge in [-0.05, 0) is 37.5 Å². The summed E-state index contributed by atoms with van der Waals surface area (Å²) in [5, 5.41) is 7.11. The Morgan fingerprint density at radius 1 is 1.27 bits per heavy atom. The van der Waals surface area contributed by atoms with Gasteiger partial charge in [-0.2, -0.15) is 9.40 Å². The Morgan fingerprint density at radius 3 is 2.65 bits per heavy atom. The van der Waals surface area contributed by atoms with Gasteiger partial charge < -0.3 is 5.32 Å². The van der Waals surface area contributed by atoms with Crippen molar-refractivity contribution in [3.8, 4) is 0 Å². The van der Waals surface area contributed by atoms with Crippen LogP contribution in [0, 0.1) is 6.92 Å². The molecule has 2 heterocycles. The van der Waals surface area contributed by atoms with Gasteiger partial charge in [-0.15, -0.1) is 0 Å². The van der Waals surface area contributed by atoms with Crippen molar-refractivity contribution >= 4 is 33.2 Å². The molecular weight excluding hydrogens is 376 g/mol. The number of carbonyl (C=O) groups is 1. The van der Waals surface area contributed by atoms with E-state index < -0.39 is 10.0 Å². The standard InChI is InChI=1S/C17H21ClN4O3S/c1-13-5-6-15(20-17(23)12-21-11-14(18)10-19-21)9-16(13)26(24,25)22-7-3-2-4-8-22/h5-6,9-11H,2-4,7-8,12H2,1H3,(H,20,23). The number of carbonyl (C=O) groups excluding carboxylic acids is 1. The SMILES string of the molecule is Cc1ccc(NC(=O)Cn2cc(Cl)cn2)cc1S(=O)(=O)N1CCCCC1. The molecule has 0 atom stereocenters. The van der Waals surface area contributed by atoms with Crippen molar-refractivity contribution in [2.45, 2.75) is 37.6 Å². The molecule has 1 saturated heterocycles. The summed E-state index contributed by atoms with van der Waals surface area (Å²) in [7, 11) is -3.56. The van der Waals surface area contributed by atoms with Crippen LogP contribution in [0.3, 0.4) is 0 Å². The molecule has 1 fully saturated rings. The molecule has 0 bridgehead atoms. The number of hydrogen-bond acceptors (Lipinski definition) is 4. The smallest absolute Gasteiger partial charge is 0.246 e. The van der Waals surface area contributed by atoms with Gasteiger partial charge in [0.15, 0.2) is 0 Å². The van der Waals surface area contributed by atoms with E-state index in [2.05, 4.69) is 10.4 Å². The molecule has 1 aromatic heterocycles. The minimum absolute atomic E-state index is 0.00515. The first-order valence-corrected chi connectivity index (χ1v) is 10.3. The fourth-order valence-corrected chi connectivity index (χ4v) is 4.90. The van der Waals surface area contributed by atoms with Gasteiger partial charge in [0, 0.05) is 25.0 Å². The summed E-state index contributed by atoms with van der Waals surface area (Å²) in [6.07, 6.45) is 5.80. The number of hydrogen-bond donors (Lipinski definition) is 1. The van der Waals surface area contributed by atoms with Crippen LogP contribution in [0.25, 0.3) is 0 Å². The molecule has 26 heavy (non-hydrogen) atoms. The van der Waals surface area contributed by atoms with Crippen molar-refractivity contribution in [2.24, 2.45) is 0 Å². The third kappa shape index (κ3) is 4.25. The van der Waals surface area contributed by atoms with Crippen molar-refractivity contribution in [3.05, 3.63) is 41.2 Å². The Kier molecular flexibility index (Phi) is 5.64. The number of anilines is 1. The first kappa shape index (κ1) is 18.9. The summed E-state index contributed by atoms with van der Waals surface area (Å²) in [5.74, 6) is -0.310. The Balaban J connectivity index is 1.77. The summed E-state index contributed by atoms with van der Waals surface area (Å²) >= 11 is 5.78. The number of nitrogens with zero attached hydrogens (tertiary/aromatic N) is 3. The third-order valence-corrected chi connectivity index (χ3v) is 6.55. The Morgan fingerprint density at radius 2 is 2.00 bits per heavy atom. The van der Waals surface area contributed by atoms with Crippen LogP contribution in [0.2, 0.25) is 5.02 Å². The van der Waals surface area contributed by atoms with E-state index in [9.17, 15) is 13.2 Å². The summed E-state index contributed by atoms with van der Waals surface area (Å²) in [4.78, 5) is 12.4. The van der Waals surface area contributed by atoms with Crippen LogP contribution in [0.4, 0.5) is 5.69 Å². The highest BCUT2D eigenvalue weighted by atomic mass is 35.5. The van der Waals surface area contributed by atoms with Gasteiger partial charge in [0.2, 0.25) is 15.9 Å².